The molecular formula is C22H29N3O2. The van der Waals surface area contributed by atoms with E-state index in [1.807, 2.05) is 56.5 Å². The van der Waals surface area contributed by atoms with Crippen LogP contribution < -0.4 is 0 Å². The fraction of sp³-hybridized carbons (Fsp3) is 0.455. The van der Waals surface area contributed by atoms with Crippen molar-refractivity contribution in [2.24, 2.45) is 7.05 Å². The van der Waals surface area contributed by atoms with Crippen molar-refractivity contribution in [2.75, 3.05) is 0 Å². The molecule has 0 aliphatic heterocycles. The summed E-state index contributed by atoms with van der Waals surface area (Å²) in [4.78, 5) is 15.0. The summed E-state index contributed by atoms with van der Waals surface area (Å²) < 4.78 is 1.85. The van der Waals surface area contributed by atoms with Crippen molar-refractivity contribution in [1.29, 1.82) is 0 Å². The zero-order valence-corrected chi connectivity index (χ0v) is 17.3. The number of aromatic nitrogens is 2. The summed E-state index contributed by atoms with van der Waals surface area (Å²) in [5, 5.41) is 14.2. The van der Waals surface area contributed by atoms with Crippen molar-refractivity contribution < 1.29 is 9.90 Å². The minimum absolute atomic E-state index is 0.0421. The first kappa shape index (κ1) is 20.7. The van der Waals surface area contributed by atoms with Crippen LogP contribution in [0.25, 0.3) is 0 Å². The number of amides is 1. The average Bonchev–Trinajstić information content (AvgIpc) is 2.82. The molecule has 0 spiro atoms. The van der Waals surface area contributed by atoms with Crippen LogP contribution in [0.1, 0.15) is 60.6 Å². The Labute approximate surface area is 162 Å². The van der Waals surface area contributed by atoms with E-state index in [-0.39, 0.29) is 11.9 Å². The number of hydrogen-bond donors (Lipinski definition) is 1. The summed E-state index contributed by atoms with van der Waals surface area (Å²) in [7, 11) is 1.91. The van der Waals surface area contributed by atoms with Gasteiger partial charge in [-0.05, 0) is 59.7 Å². The highest BCUT2D eigenvalue weighted by atomic mass is 16.3. The largest absolute Gasteiger partial charge is 0.378 e. The lowest BCUT2D eigenvalue weighted by Gasteiger charge is -2.27. The second-order valence-electron chi connectivity index (χ2n) is 7.69. The highest BCUT2D eigenvalue weighted by Crippen LogP contribution is 2.19. The molecule has 1 aromatic heterocycles. The zero-order valence-electron chi connectivity index (χ0n) is 17.3. The van der Waals surface area contributed by atoms with E-state index in [0.29, 0.717) is 17.7 Å². The van der Waals surface area contributed by atoms with Gasteiger partial charge in [0, 0.05) is 42.0 Å². The summed E-state index contributed by atoms with van der Waals surface area (Å²) in [5.41, 5.74) is 3.32. The van der Waals surface area contributed by atoms with Gasteiger partial charge < -0.3 is 10.0 Å². The third-order valence-corrected chi connectivity index (χ3v) is 4.49. The molecule has 0 atom stereocenters. The maximum absolute atomic E-state index is 13.2. The summed E-state index contributed by atoms with van der Waals surface area (Å²) in [5.74, 6) is 5.68. The standard InChI is InChI=1S/C22H29N3O2/c1-15(2)25(14-20-16(3)23-24(7)17(20)4)21(26)19-10-8-9-18(13-19)11-12-22(5,6)27/h8-10,13,15,27H,14H2,1-7H3. The van der Waals surface area contributed by atoms with Crippen LogP contribution in [0, 0.1) is 25.7 Å². The smallest absolute Gasteiger partial charge is 0.254 e. The molecule has 1 aromatic carbocycles. The van der Waals surface area contributed by atoms with Gasteiger partial charge in [0.15, 0.2) is 0 Å². The molecule has 1 amide bonds. The van der Waals surface area contributed by atoms with E-state index < -0.39 is 5.60 Å². The highest BCUT2D eigenvalue weighted by molar-refractivity contribution is 5.94. The van der Waals surface area contributed by atoms with Gasteiger partial charge in [0.1, 0.15) is 5.60 Å². The molecule has 2 rings (SSSR count). The molecule has 0 aliphatic carbocycles. The first-order valence-corrected chi connectivity index (χ1v) is 9.15. The van der Waals surface area contributed by atoms with Crippen LogP contribution in [-0.2, 0) is 13.6 Å². The Hall–Kier alpha value is -2.58. The third kappa shape index (κ3) is 5.21. The summed E-state index contributed by atoms with van der Waals surface area (Å²) in [6.45, 7) is 11.8. The lowest BCUT2D eigenvalue weighted by molar-refractivity contribution is 0.0689. The van der Waals surface area contributed by atoms with Crippen molar-refractivity contribution in [1.82, 2.24) is 14.7 Å². The molecule has 2 aromatic rings. The zero-order chi connectivity index (χ0) is 20.4. The summed E-state index contributed by atoms with van der Waals surface area (Å²) in [6, 6.07) is 7.28. The number of rotatable bonds is 4. The Bertz CT molecular complexity index is 893. The van der Waals surface area contributed by atoms with E-state index >= 15 is 0 Å². The van der Waals surface area contributed by atoms with Gasteiger partial charge in [0.05, 0.1) is 5.69 Å². The monoisotopic (exact) mass is 367 g/mol. The van der Waals surface area contributed by atoms with Gasteiger partial charge in [-0.1, -0.05) is 17.9 Å². The Balaban J connectivity index is 2.33. The van der Waals surface area contributed by atoms with Crippen molar-refractivity contribution in [3.8, 4) is 11.8 Å². The van der Waals surface area contributed by atoms with Crippen LogP contribution in [0.15, 0.2) is 24.3 Å². The minimum atomic E-state index is -1.07. The number of carbonyl (C=O) groups is 1. The quantitative estimate of drug-likeness (QED) is 0.844. The lowest BCUT2D eigenvalue weighted by Crippen LogP contribution is -2.36. The maximum atomic E-state index is 13.2. The first-order valence-electron chi connectivity index (χ1n) is 9.15. The molecule has 0 saturated heterocycles. The number of carbonyl (C=O) groups excluding carboxylic acids is 1. The van der Waals surface area contributed by atoms with Crippen LogP contribution in [0.5, 0.6) is 0 Å². The molecule has 5 heteroatoms. The second kappa shape index (κ2) is 7.98. The van der Waals surface area contributed by atoms with Gasteiger partial charge in [-0.3, -0.25) is 9.48 Å². The minimum Gasteiger partial charge on any atom is -0.378 e. The van der Waals surface area contributed by atoms with E-state index in [4.69, 9.17) is 0 Å². The molecule has 1 heterocycles. The van der Waals surface area contributed by atoms with Crippen LogP contribution >= 0.6 is 0 Å². The number of nitrogens with zero attached hydrogens (tertiary/aromatic N) is 3. The van der Waals surface area contributed by atoms with Gasteiger partial charge in [0.2, 0.25) is 0 Å². The summed E-state index contributed by atoms with van der Waals surface area (Å²) >= 11 is 0. The van der Waals surface area contributed by atoms with Gasteiger partial charge in [0.25, 0.3) is 5.91 Å². The molecule has 0 aliphatic rings. The SMILES string of the molecule is Cc1nn(C)c(C)c1CN(C(=O)c1cccc(C#CC(C)(C)O)c1)C(C)C. The van der Waals surface area contributed by atoms with Crippen LogP contribution in [0.2, 0.25) is 0 Å². The topological polar surface area (TPSA) is 58.4 Å². The van der Waals surface area contributed by atoms with Gasteiger partial charge in [-0.15, -0.1) is 0 Å². The Morgan fingerprint density at radius 2 is 2.00 bits per heavy atom. The Morgan fingerprint density at radius 3 is 2.52 bits per heavy atom. The lowest BCUT2D eigenvalue weighted by atomic mass is 10.1. The molecule has 0 fully saturated rings. The number of hydrogen-bond acceptors (Lipinski definition) is 3. The number of aryl methyl sites for hydroxylation is 2. The maximum Gasteiger partial charge on any atom is 0.254 e. The van der Waals surface area contributed by atoms with Crippen LogP contribution in [0.3, 0.4) is 0 Å². The highest BCUT2D eigenvalue weighted by Gasteiger charge is 2.22. The number of aliphatic hydroxyl groups is 1. The van der Waals surface area contributed by atoms with Gasteiger partial charge in [-0.25, -0.2) is 0 Å². The molecule has 0 saturated carbocycles. The molecule has 1 N–H and O–H groups in total. The van der Waals surface area contributed by atoms with E-state index in [9.17, 15) is 9.90 Å². The van der Waals surface area contributed by atoms with Crippen LogP contribution in [0.4, 0.5) is 0 Å². The van der Waals surface area contributed by atoms with Gasteiger partial charge >= 0.3 is 0 Å². The third-order valence-electron chi connectivity index (χ3n) is 4.49. The molecular weight excluding hydrogens is 338 g/mol. The Morgan fingerprint density at radius 1 is 1.33 bits per heavy atom. The molecule has 0 unspecified atom stereocenters. The van der Waals surface area contributed by atoms with Crippen molar-refractivity contribution in [3.63, 3.8) is 0 Å². The van der Waals surface area contributed by atoms with Crippen molar-refractivity contribution in [3.05, 3.63) is 52.3 Å². The fourth-order valence-corrected chi connectivity index (χ4v) is 2.83. The molecule has 144 valence electrons. The van der Waals surface area contributed by atoms with Crippen molar-refractivity contribution >= 4 is 5.91 Å². The van der Waals surface area contributed by atoms with Crippen LogP contribution in [-0.4, -0.2) is 37.3 Å². The predicted molar refractivity (Wildman–Crippen MR) is 107 cm³/mol. The van der Waals surface area contributed by atoms with Crippen molar-refractivity contribution in [2.45, 2.75) is 59.7 Å². The van der Waals surface area contributed by atoms with E-state index in [1.165, 1.54) is 0 Å². The van der Waals surface area contributed by atoms with E-state index in [1.54, 1.807) is 26.0 Å². The van der Waals surface area contributed by atoms with Gasteiger partial charge in [-0.2, -0.15) is 5.10 Å². The first-order chi connectivity index (χ1) is 12.5. The summed E-state index contributed by atoms with van der Waals surface area (Å²) in [6.07, 6.45) is 0. The molecule has 0 bridgehead atoms. The normalized spacial score (nSPS) is 11.3. The Kier molecular flexibility index (Phi) is 6.12. The predicted octanol–water partition coefficient (Wildman–Crippen LogP) is 3.21. The van der Waals surface area contributed by atoms with E-state index in [0.717, 1.165) is 17.0 Å². The van der Waals surface area contributed by atoms with E-state index in [2.05, 4.69) is 16.9 Å². The molecule has 27 heavy (non-hydrogen) atoms. The molecule has 0 radical (unpaired) electrons. The second-order valence-corrected chi connectivity index (χ2v) is 7.69. The average molecular weight is 367 g/mol. The fourth-order valence-electron chi connectivity index (χ4n) is 2.83. The number of benzene rings is 1. The molecule has 5 nitrogen and oxygen atoms in total.